The zero-order valence-electron chi connectivity index (χ0n) is 12.4. The molecule has 0 bridgehead atoms. The van der Waals surface area contributed by atoms with Crippen molar-refractivity contribution in [3.05, 3.63) is 52.1 Å². The van der Waals surface area contributed by atoms with E-state index in [-0.39, 0.29) is 23.7 Å². The van der Waals surface area contributed by atoms with Crippen LogP contribution >= 0.6 is 0 Å². The molecule has 2 heterocycles. The van der Waals surface area contributed by atoms with Crippen molar-refractivity contribution in [2.75, 3.05) is 13.6 Å². The fraction of sp³-hybridized carbons (Fsp3) is 0.333. The molecule has 8 heteroatoms. The Hall–Kier alpha value is -2.35. The second-order valence-corrected chi connectivity index (χ2v) is 5.49. The van der Waals surface area contributed by atoms with Crippen LogP contribution in [0.3, 0.4) is 0 Å². The van der Waals surface area contributed by atoms with Gasteiger partial charge in [0, 0.05) is 44.4 Å². The number of rotatable bonds is 3. The fourth-order valence-electron chi connectivity index (χ4n) is 2.63. The van der Waals surface area contributed by atoms with Gasteiger partial charge in [-0.25, -0.2) is 13.2 Å². The van der Waals surface area contributed by atoms with E-state index < -0.39 is 17.5 Å². The highest BCUT2D eigenvalue weighted by atomic mass is 19.2. The van der Waals surface area contributed by atoms with Crippen LogP contribution in [0.15, 0.2) is 12.1 Å². The number of H-pyrrole nitrogens is 1. The van der Waals surface area contributed by atoms with Gasteiger partial charge in [0.1, 0.15) is 0 Å². The Kier molecular flexibility index (Phi) is 4.08. The molecule has 2 N–H and O–H groups in total. The normalized spacial score (nSPS) is 13.7. The van der Waals surface area contributed by atoms with Crippen molar-refractivity contribution in [2.45, 2.75) is 19.5 Å². The summed E-state index contributed by atoms with van der Waals surface area (Å²) in [6, 6.07) is 1.76. The highest BCUT2D eigenvalue weighted by Gasteiger charge is 2.24. The van der Waals surface area contributed by atoms with E-state index in [1.54, 1.807) is 0 Å². The average molecular weight is 324 g/mol. The number of aromatic amines is 1. The number of amides is 1. The van der Waals surface area contributed by atoms with Crippen molar-refractivity contribution in [1.29, 1.82) is 0 Å². The molecule has 0 saturated carbocycles. The summed E-state index contributed by atoms with van der Waals surface area (Å²) in [5, 5.41) is 10.1. The number of fused-ring (bicyclic) bond motifs is 1. The Morgan fingerprint density at radius 2 is 2.00 bits per heavy atom. The number of benzene rings is 1. The summed E-state index contributed by atoms with van der Waals surface area (Å²) in [6.07, 6.45) is 0.758. The summed E-state index contributed by atoms with van der Waals surface area (Å²) in [5.74, 6) is -4.43. The summed E-state index contributed by atoms with van der Waals surface area (Å²) in [6.45, 7) is 1.30. The van der Waals surface area contributed by atoms with Crippen molar-refractivity contribution in [1.82, 2.24) is 20.4 Å². The number of carbonyl (C=O) groups excluding carboxylic acids is 1. The molecular formula is C15H15F3N4O. The zero-order valence-corrected chi connectivity index (χ0v) is 12.4. The van der Waals surface area contributed by atoms with Crippen LogP contribution in [0.1, 0.15) is 27.3 Å². The van der Waals surface area contributed by atoms with Gasteiger partial charge in [-0.2, -0.15) is 5.10 Å². The number of nitrogens with zero attached hydrogens (tertiary/aromatic N) is 2. The Morgan fingerprint density at radius 1 is 1.30 bits per heavy atom. The molecule has 5 nitrogen and oxygen atoms in total. The lowest BCUT2D eigenvalue weighted by Crippen LogP contribution is -2.30. The maximum atomic E-state index is 13.2. The minimum Gasteiger partial charge on any atom is -0.336 e. The molecule has 1 aliphatic heterocycles. The molecule has 0 atom stereocenters. The van der Waals surface area contributed by atoms with Gasteiger partial charge in [-0.15, -0.1) is 0 Å². The second kappa shape index (κ2) is 6.04. The Morgan fingerprint density at radius 3 is 2.70 bits per heavy atom. The zero-order chi connectivity index (χ0) is 16.6. The molecule has 1 aromatic heterocycles. The molecule has 0 aliphatic carbocycles. The summed E-state index contributed by atoms with van der Waals surface area (Å²) in [5.41, 5.74) is 2.18. The van der Waals surface area contributed by atoms with Crippen LogP contribution in [0.4, 0.5) is 13.2 Å². The van der Waals surface area contributed by atoms with E-state index >= 15 is 0 Å². The maximum absolute atomic E-state index is 13.2. The third-order valence-electron chi connectivity index (χ3n) is 3.82. The molecule has 3 rings (SSSR count). The minimum atomic E-state index is -1.52. The number of hydrogen-bond donors (Lipinski definition) is 2. The van der Waals surface area contributed by atoms with E-state index in [4.69, 9.17) is 0 Å². The summed E-state index contributed by atoms with van der Waals surface area (Å²) >= 11 is 0. The van der Waals surface area contributed by atoms with Crippen LogP contribution in [-0.4, -0.2) is 34.6 Å². The van der Waals surface area contributed by atoms with Gasteiger partial charge < -0.3 is 10.2 Å². The summed E-state index contributed by atoms with van der Waals surface area (Å²) in [4.78, 5) is 13.8. The molecule has 0 saturated heterocycles. The van der Waals surface area contributed by atoms with Crippen LogP contribution in [-0.2, 0) is 19.5 Å². The molecule has 1 aliphatic rings. The SMILES string of the molecule is CN(Cc1cc(F)c(F)c(F)c1)C(=O)c1n[nH]c2c1CNCC2. The van der Waals surface area contributed by atoms with Gasteiger partial charge in [-0.05, 0) is 17.7 Å². The van der Waals surface area contributed by atoms with Crippen molar-refractivity contribution in [2.24, 2.45) is 0 Å². The lowest BCUT2D eigenvalue weighted by atomic mass is 10.1. The highest BCUT2D eigenvalue weighted by Crippen LogP contribution is 2.19. The summed E-state index contributed by atoms with van der Waals surface area (Å²) in [7, 11) is 1.50. The molecule has 122 valence electrons. The molecular weight excluding hydrogens is 309 g/mol. The topological polar surface area (TPSA) is 61.0 Å². The van der Waals surface area contributed by atoms with Gasteiger partial charge >= 0.3 is 0 Å². The first kappa shape index (κ1) is 15.5. The molecule has 1 aromatic carbocycles. The van der Waals surface area contributed by atoms with E-state index in [0.29, 0.717) is 6.54 Å². The van der Waals surface area contributed by atoms with Crippen LogP contribution < -0.4 is 5.32 Å². The van der Waals surface area contributed by atoms with Crippen LogP contribution in [0.5, 0.6) is 0 Å². The number of nitrogens with one attached hydrogen (secondary N) is 2. The van der Waals surface area contributed by atoms with E-state index in [1.807, 2.05) is 0 Å². The standard InChI is InChI=1S/C15H15F3N4O/c1-22(7-8-4-10(16)13(18)11(17)5-8)15(23)14-9-6-19-3-2-12(9)20-21-14/h4-5,19H,2-3,6-7H2,1H3,(H,20,21). The number of carbonyl (C=O) groups is 1. The van der Waals surface area contributed by atoms with E-state index in [9.17, 15) is 18.0 Å². The predicted octanol–water partition coefficient (Wildman–Crippen LogP) is 1.74. The molecule has 1 amide bonds. The van der Waals surface area contributed by atoms with E-state index in [0.717, 1.165) is 36.4 Å². The number of hydrogen-bond acceptors (Lipinski definition) is 3. The second-order valence-electron chi connectivity index (χ2n) is 5.49. The third kappa shape index (κ3) is 2.94. The van der Waals surface area contributed by atoms with Crippen molar-refractivity contribution in [3.8, 4) is 0 Å². The fourth-order valence-corrected chi connectivity index (χ4v) is 2.63. The first-order valence-corrected chi connectivity index (χ1v) is 7.13. The average Bonchev–Trinajstić information content (AvgIpc) is 2.95. The first-order valence-electron chi connectivity index (χ1n) is 7.13. The van der Waals surface area contributed by atoms with Gasteiger partial charge in [0.05, 0.1) is 0 Å². The van der Waals surface area contributed by atoms with E-state index in [2.05, 4.69) is 15.5 Å². The lowest BCUT2D eigenvalue weighted by Gasteiger charge is -2.18. The number of halogens is 3. The van der Waals surface area contributed by atoms with Gasteiger partial charge in [-0.3, -0.25) is 9.89 Å². The van der Waals surface area contributed by atoms with Gasteiger partial charge in [0.2, 0.25) is 0 Å². The lowest BCUT2D eigenvalue weighted by molar-refractivity contribution is 0.0777. The van der Waals surface area contributed by atoms with Crippen molar-refractivity contribution < 1.29 is 18.0 Å². The van der Waals surface area contributed by atoms with Gasteiger partial charge in [-0.1, -0.05) is 0 Å². The Bertz CT molecular complexity index is 736. The Balaban J connectivity index is 1.79. The molecule has 23 heavy (non-hydrogen) atoms. The molecule has 0 fully saturated rings. The highest BCUT2D eigenvalue weighted by molar-refractivity contribution is 5.93. The Labute approximate surface area is 130 Å². The van der Waals surface area contributed by atoms with Gasteiger partial charge in [0.25, 0.3) is 5.91 Å². The number of aromatic nitrogens is 2. The maximum Gasteiger partial charge on any atom is 0.274 e. The molecule has 0 spiro atoms. The molecule has 0 radical (unpaired) electrons. The van der Waals surface area contributed by atoms with Crippen molar-refractivity contribution >= 4 is 5.91 Å². The summed E-state index contributed by atoms with van der Waals surface area (Å²) < 4.78 is 39.5. The molecule has 2 aromatic rings. The van der Waals surface area contributed by atoms with Crippen molar-refractivity contribution in [3.63, 3.8) is 0 Å². The monoisotopic (exact) mass is 324 g/mol. The third-order valence-corrected chi connectivity index (χ3v) is 3.82. The molecule has 0 unspecified atom stereocenters. The minimum absolute atomic E-state index is 0.0536. The quantitative estimate of drug-likeness (QED) is 0.846. The van der Waals surface area contributed by atoms with Crippen LogP contribution in [0, 0.1) is 17.5 Å². The van der Waals surface area contributed by atoms with E-state index in [1.165, 1.54) is 11.9 Å². The largest absolute Gasteiger partial charge is 0.336 e. The first-order chi connectivity index (χ1) is 11.0. The van der Waals surface area contributed by atoms with Crippen LogP contribution in [0.2, 0.25) is 0 Å². The van der Waals surface area contributed by atoms with Crippen LogP contribution in [0.25, 0.3) is 0 Å². The van der Waals surface area contributed by atoms with Gasteiger partial charge in [0.15, 0.2) is 23.1 Å². The predicted molar refractivity (Wildman–Crippen MR) is 76.1 cm³/mol. The smallest absolute Gasteiger partial charge is 0.274 e.